The van der Waals surface area contributed by atoms with Crippen molar-refractivity contribution >= 4 is 11.6 Å². The van der Waals surface area contributed by atoms with E-state index in [4.69, 9.17) is 16.3 Å². The van der Waals surface area contributed by atoms with Gasteiger partial charge in [0.15, 0.2) is 0 Å². The smallest absolute Gasteiger partial charge is 0.385 e. The number of hydrogen-bond donors (Lipinski definition) is 1. The zero-order valence-corrected chi connectivity index (χ0v) is 17.9. The molecule has 2 aromatic rings. The maximum atomic E-state index is 13.4. The summed E-state index contributed by atoms with van der Waals surface area (Å²) < 4.78 is 46.1. The molecular formula is C23H27ClF3NO2. The molecule has 0 aliphatic heterocycles. The van der Waals surface area contributed by atoms with Crippen molar-refractivity contribution in [2.75, 3.05) is 20.6 Å². The van der Waals surface area contributed by atoms with Crippen LogP contribution in [0.3, 0.4) is 0 Å². The monoisotopic (exact) mass is 441 g/mol. The minimum atomic E-state index is -4.57. The topological polar surface area (TPSA) is 32.7 Å². The lowest BCUT2D eigenvalue weighted by atomic mass is 9.70. The van der Waals surface area contributed by atoms with Crippen molar-refractivity contribution in [1.29, 1.82) is 0 Å². The Hall–Kier alpha value is -1.60. The quantitative estimate of drug-likeness (QED) is 0.643. The van der Waals surface area contributed by atoms with Crippen LogP contribution >= 0.6 is 11.6 Å². The Kier molecular flexibility index (Phi) is 7.13. The summed E-state index contributed by atoms with van der Waals surface area (Å²) in [5.74, 6) is -0.274. The second-order valence-electron chi connectivity index (χ2n) is 8.27. The second kappa shape index (κ2) is 9.27. The van der Waals surface area contributed by atoms with Crippen molar-refractivity contribution in [1.82, 2.24) is 4.90 Å². The van der Waals surface area contributed by atoms with Gasteiger partial charge in [-0.15, -0.1) is 0 Å². The summed E-state index contributed by atoms with van der Waals surface area (Å²) in [6.45, 7) is 1.00. The first kappa shape index (κ1) is 23.1. The van der Waals surface area contributed by atoms with Crippen molar-refractivity contribution in [2.45, 2.75) is 43.8 Å². The zero-order chi connectivity index (χ0) is 21.9. The third kappa shape index (κ3) is 5.35. The summed E-state index contributed by atoms with van der Waals surface area (Å²) in [6, 6.07) is 13.5. The summed E-state index contributed by atoms with van der Waals surface area (Å²) in [4.78, 5) is 1.94. The fourth-order valence-corrected chi connectivity index (χ4v) is 4.44. The lowest BCUT2D eigenvalue weighted by Crippen LogP contribution is -2.47. The summed E-state index contributed by atoms with van der Waals surface area (Å²) in [7, 11) is 3.77. The number of aliphatic hydroxyl groups is 1. The molecule has 0 radical (unpaired) electrons. The van der Waals surface area contributed by atoms with E-state index in [-0.39, 0.29) is 22.6 Å². The highest BCUT2D eigenvalue weighted by Gasteiger charge is 2.45. The molecule has 1 N–H and O–H groups in total. The minimum absolute atomic E-state index is 0.0650. The van der Waals surface area contributed by atoms with Crippen LogP contribution in [0.1, 0.15) is 36.0 Å². The Morgan fingerprint density at radius 2 is 1.87 bits per heavy atom. The molecule has 1 aliphatic carbocycles. The number of hydrogen-bond acceptors (Lipinski definition) is 3. The highest BCUT2D eigenvalue weighted by Crippen LogP contribution is 2.45. The molecule has 7 heteroatoms. The summed E-state index contributed by atoms with van der Waals surface area (Å²) in [5.41, 5.74) is -0.967. The molecule has 3 nitrogen and oxygen atoms in total. The average molecular weight is 442 g/mol. The number of alkyl halides is 3. The van der Waals surface area contributed by atoms with Crippen molar-refractivity contribution < 1.29 is 23.0 Å². The molecule has 3 atom stereocenters. The van der Waals surface area contributed by atoms with Gasteiger partial charge in [-0.25, -0.2) is 0 Å². The fourth-order valence-electron chi connectivity index (χ4n) is 4.21. The van der Waals surface area contributed by atoms with E-state index in [0.29, 0.717) is 32.4 Å². The van der Waals surface area contributed by atoms with Crippen LogP contribution in [0, 0.1) is 5.92 Å². The van der Waals surface area contributed by atoms with Crippen LogP contribution in [-0.2, 0) is 23.1 Å². The standard InChI is InChI=1S/C23H27ClF3NO2/c1-28(2)14-18-12-19(30-15-16-6-4-3-5-7-16)10-11-22(18,29)17-8-9-21(24)20(13-17)23(25,26)27/h3-9,13,18-19,29H,10-12,14-15H2,1-2H3. The van der Waals surface area contributed by atoms with Crippen LogP contribution in [0.5, 0.6) is 0 Å². The van der Waals surface area contributed by atoms with Crippen molar-refractivity contribution in [3.63, 3.8) is 0 Å². The summed E-state index contributed by atoms with van der Waals surface area (Å²) >= 11 is 5.78. The first-order chi connectivity index (χ1) is 14.1. The van der Waals surface area contributed by atoms with Crippen LogP contribution < -0.4 is 0 Å². The van der Waals surface area contributed by atoms with Gasteiger partial charge in [-0.1, -0.05) is 48.0 Å². The zero-order valence-electron chi connectivity index (χ0n) is 17.1. The molecule has 1 fully saturated rings. The molecule has 1 aliphatic rings. The van der Waals surface area contributed by atoms with E-state index in [2.05, 4.69) is 0 Å². The molecule has 0 heterocycles. The lowest BCUT2D eigenvalue weighted by molar-refractivity contribution is -0.138. The SMILES string of the molecule is CN(C)CC1CC(OCc2ccccc2)CCC1(O)c1ccc(Cl)c(C(F)(F)F)c1. The summed E-state index contributed by atoms with van der Waals surface area (Å²) in [6.07, 6.45) is -3.19. The van der Waals surface area contributed by atoms with E-state index >= 15 is 0 Å². The maximum absolute atomic E-state index is 13.4. The van der Waals surface area contributed by atoms with Gasteiger partial charge in [0.2, 0.25) is 0 Å². The van der Waals surface area contributed by atoms with Crippen LogP contribution in [0.15, 0.2) is 48.5 Å². The molecular weight excluding hydrogens is 415 g/mol. The van der Waals surface area contributed by atoms with E-state index in [9.17, 15) is 18.3 Å². The maximum Gasteiger partial charge on any atom is 0.417 e. The van der Waals surface area contributed by atoms with Gasteiger partial charge in [0, 0.05) is 12.5 Å². The first-order valence-electron chi connectivity index (χ1n) is 9.99. The molecule has 3 rings (SSSR count). The van der Waals surface area contributed by atoms with Crippen molar-refractivity contribution in [2.24, 2.45) is 5.92 Å². The summed E-state index contributed by atoms with van der Waals surface area (Å²) in [5, 5.41) is 11.2. The largest absolute Gasteiger partial charge is 0.417 e. The normalized spacial score (nSPS) is 24.9. The number of rotatable bonds is 6. The Bertz CT molecular complexity index is 844. The van der Waals surface area contributed by atoms with E-state index in [1.807, 2.05) is 49.3 Å². The third-order valence-electron chi connectivity index (χ3n) is 5.76. The molecule has 30 heavy (non-hydrogen) atoms. The molecule has 164 valence electrons. The van der Waals surface area contributed by atoms with Gasteiger partial charge in [0.25, 0.3) is 0 Å². The van der Waals surface area contributed by atoms with E-state index in [1.54, 1.807) is 0 Å². The molecule has 0 aromatic heterocycles. The van der Waals surface area contributed by atoms with Crippen LogP contribution in [0.2, 0.25) is 5.02 Å². The van der Waals surface area contributed by atoms with Crippen LogP contribution in [0.4, 0.5) is 13.2 Å². The molecule has 0 saturated heterocycles. The lowest BCUT2D eigenvalue weighted by Gasteiger charge is -2.44. The number of benzene rings is 2. The molecule has 1 saturated carbocycles. The fraction of sp³-hybridized carbons (Fsp3) is 0.478. The molecule has 0 amide bonds. The average Bonchev–Trinajstić information content (AvgIpc) is 2.68. The van der Waals surface area contributed by atoms with E-state index in [0.717, 1.165) is 11.6 Å². The predicted octanol–water partition coefficient (Wildman–Crippen LogP) is 5.49. The minimum Gasteiger partial charge on any atom is -0.385 e. The van der Waals surface area contributed by atoms with Gasteiger partial charge >= 0.3 is 6.18 Å². The Labute approximate surface area is 180 Å². The van der Waals surface area contributed by atoms with Gasteiger partial charge in [-0.05, 0) is 56.6 Å². The van der Waals surface area contributed by atoms with Gasteiger partial charge in [0.1, 0.15) is 0 Å². The first-order valence-corrected chi connectivity index (χ1v) is 10.4. The van der Waals surface area contributed by atoms with Gasteiger partial charge in [-0.2, -0.15) is 13.2 Å². The highest BCUT2D eigenvalue weighted by molar-refractivity contribution is 6.31. The van der Waals surface area contributed by atoms with Crippen LogP contribution in [-0.4, -0.2) is 36.8 Å². The van der Waals surface area contributed by atoms with E-state index < -0.39 is 17.3 Å². The van der Waals surface area contributed by atoms with Crippen molar-refractivity contribution in [3.8, 4) is 0 Å². The predicted molar refractivity (Wildman–Crippen MR) is 111 cm³/mol. The number of nitrogens with zero attached hydrogens (tertiary/aromatic N) is 1. The van der Waals surface area contributed by atoms with Crippen molar-refractivity contribution in [3.05, 3.63) is 70.2 Å². The van der Waals surface area contributed by atoms with Gasteiger partial charge < -0.3 is 14.7 Å². The Balaban J connectivity index is 1.81. The van der Waals surface area contributed by atoms with Gasteiger partial charge in [0.05, 0.1) is 28.9 Å². The molecule has 0 spiro atoms. The molecule has 0 bridgehead atoms. The third-order valence-corrected chi connectivity index (χ3v) is 6.09. The highest BCUT2D eigenvalue weighted by atomic mass is 35.5. The number of halogens is 4. The Morgan fingerprint density at radius 3 is 2.50 bits per heavy atom. The Morgan fingerprint density at radius 1 is 1.17 bits per heavy atom. The van der Waals surface area contributed by atoms with E-state index in [1.165, 1.54) is 12.1 Å². The second-order valence-corrected chi connectivity index (χ2v) is 8.68. The molecule has 3 unspecified atom stereocenters. The molecule has 2 aromatic carbocycles. The van der Waals surface area contributed by atoms with Gasteiger partial charge in [-0.3, -0.25) is 0 Å². The number of ether oxygens (including phenoxy) is 1. The van der Waals surface area contributed by atoms with Crippen LogP contribution in [0.25, 0.3) is 0 Å².